The zero-order valence-electron chi connectivity index (χ0n) is 14.4. The fraction of sp³-hybridized carbons (Fsp3) is 0.444. The first kappa shape index (κ1) is 21.2. The molecule has 5 nitrogen and oxygen atoms in total. The number of amides is 2. The second-order valence-corrected chi connectivity index (χ2v) is 6.71. The summed E-state index contributed by atoms with van der Waals surface area (Å²) in [4.78, 5) is 25.6. The lowest BCUT2D eigenvalue weighted by Gasteiger charge is -2.31. The van der Waals surface area contributed by atoms with Gasteiger partial charge >= 0.3 is 6.18 Å². The Morgan fingerprint density at radius 2 is 2.00 bits per heavy atom. The van der Waals surface area contributed by atoms with Gasteiger partial charge in [-0.25, -0.2) is 0 Å². The Hall–Kier alpha value is -2.06. The maximum atomic E-state index is 13.3. The van der Waals surface area contributed by atoms with Crippen molar-refractivity contribution in [3.05, 3.63) is 47.0 Å². The van der Waals surface area contributed by atoms with Gasteiger partial charge in [0.25, 0.3) is 0 Å². The fourth-order valence-electron chi connectivity index (χ4n) is 3.08. The van der Waals surface area contributed by atoms with Crippen molar-refractivity contribution >= 4 is 23.4 Å². The van der Waals surface area contributed by atoms with Crippen LogP contribution in [0.3, 0.4) is 0 Å². The summed E-state index contributed by atoms with van der Waals surface area (Å²) < 4.78 is 39.8. The van der Waals surface area contributed by atoms with Crippen molar-refractivity contribution in [2.24, 2.45) is 5.92 Å². The third-order valence-corrected chi connectivity index (χ3v) is 4.78. The van der Waals surface area contributed by atoms with Crippen molar-refractivity contribution in [3.8, 4) is 0 Å². The van der Waals surface area contributed by atoms with Crippen LogP contribution in [0.1, 0.15) is 30.0 Å². The van der Waals surface area contributed by atoms with Crippen molar-refractivity contribution in [3.63, 3.8) is 0 Å². The number of carbonyl (C=O) groups excluding carboxylic acids is 2. The minimum atomic E-state index is -4.67. The van der Waals surface area contributed by atoms with Gasteiger partial charge in [0, 0.05) is 24.0 Å². The molecule has 0 bridgehead atoms. The molecule has 1 aliphatic heterocycles. The van der Waals surface area contributed by atoms with Gasteiger partial charge in [-0.05, 0) is 36.6 Å². The molecule has 1 heterocycles. The Bertz CT molecular complexity index is 716. The minimum absolute atomic E-state index is 0.0895. The lowest BCUT2D eigenvalue weighted by Crippen LogP contribution is -2.43. The smallest absolute Gasteiger partial charge is 0.394 e. The van der Waals surface area contributed by atoms with Crippen molar-refractivity contribution in [1.82, 2.24) is 10.2 Å². The van der Waals surface area contributed by atoms with Crippen LogP contribution in [0.5, 0.6) is 0 Å². The number of alkyl halides is 3. The van der Waals surface area contributed by atoms with Crippen LogP contribution in [0.25, 0.3) is 0 Å². The number of hydrogen-bond donors (Lipinski definition) is 2. The summed E-state index contributed by atoms with van der Waals surface area (Å²) in [5.74, 6) is -1.13. The molecule has 0 aliphatic carbocycles. The van der Waals surface area contributed by atoms with E-state index in [0.29, 0.717) is 25.9 Å². The highest BCUT2D eigenvalue weighted by atomic mass is 35.5. The second-order valence-electron chi connectivity index (χ2n) is 6.28. The van der Waals surface area contributed by atoms with Crippen molar-refractivity contribution in [2.45, 2.75) is 25.1 Å². The van der Waals surface area contributed by atoms with Gasteiger partial charge in [-0.3, -0.25) is 9.59 Å². The summed E-state index contributed by atoms with van der Waals surface area (Å²) >= 11 is 5.66. The molecule has 2 N–H and O–H groups in total. The molecular weight excluding hydrogens is 385 g/mol. The first-order valence-electron chi connectivity index (χ1n) is 8.36. The van der Waals surface area contributed by atoms with Crippen LogP contribution in [0.15, 0.2) is 30.9 Å². The molecule has 9 heteroatoms. The molecule has 1 aromatic rings. The van der Waals surface area contributed by atoms with E-state index in [1.165, 1.54) is 12.1 Å². The zero-order valence-corrected chi connectivity index (χ0v) is 15.2. The molecule has 27 heavy (non-hydrogen) atoms. The standard InChI is InChI=1S/C18H20ClF3N2O3/c1-2-16(26)24-7-5-11(6-8-24)17(27)23-15(10-25)13-4-3-12(19)9-14(13)18(20,21)22/h2-4,9,11,15,25H,1,5-8,10H2,(H,23,27). The van der Waals surface area contributed by atoms with Crippen LogP contribution >= 0.6 is 11.6 Å². The molecular formula is C18H20ClF3N2O3. The molecule has 0 spiro atoms. The molecule has 1 unspecified atom stereocenters. The maximum absolute atomic E-state index is 13.3. The van der Waals surface area contributed by atoms with Gasteiger partial charge in [0.05, 0.1) is 18.2 Å². The van der Waals surface area contributed by atoms with Gasteiger partial charge < -0.3 is 15.3 Å². The quantitative estimate of drug-likeness (QED) is 0.741. The predicted molar refractivity (Wildman–Crippen MR) is 93.9 cm³/mol. The van der Waals surface area contributed by atoms with Crippen LogP contribution in [-0.4, -0.2) is 41.5 Å². The highest BCUT2D eigenvalue weighted by Crippen LogP contribution is 2.36. The summed E-state index contributed by atoms with van der Waals surface area (Å²) in [5.41, 5.74) is -1.25. The largest absolute Gasteiger partial charge is 0.416 e. The number of aliphatic hydroxyl groups is 1. The predicted octanol–water partition coefficient (Wildman–Crippen LogP) is 2.93. The molecule has 1 aromatic carbocycles. The average molecular weight is 405 g/mol. The Labute approximate surface area is 159 Å². The van der Waals surface area contributed by atoms with E-state index in [1.807, 2.05) is 0 Å². The van der Waals surface area contributed by atoms with Crippen LogP contribution in [0, 0.1) is 5.92 Å². The Morgan fingerprint density at radius 1 is 1.37 bits per heavy atom. The summed E-state index contributed by atoms with van der Waals surface area (Å²) in [6.45, 7) is 3.44. The number of rotatable bonds is 5. The highest BCUT2D eigenvalue weighted by molar-refractivity contribution is 6.30. The van der Waals surface area contributed by atoms with Crippen LogP contribution < -0.4 is 5.32 Å². The summed E-state index contributed by atoms with van der Waals surface area (Å²) in [6.07, 6.45) is -2.71. The number of hydrogen-bond acceptors (Lipinski definition) is 3. The molecule has 0 saturated carbocycles. The lowest BCUT2D eigenvalue weighted by atomic mass is 9.94. The monoisotopic (exact) mass is 404 g/mol. The van der Waals surface area contributed by atoms with Gasteiger partial charge in [0.2, 0.25) is 11.8 Å². The molecule has 148 valence electrons. The Balaban J connectivity index is 2.11. The Kier molecular flexibility index (Phi) is 6.89. The topological polar surface area (TPSA) is 69.6 Å². The second kappa shape index (κ2) is 8.75. The number of carbonyl (C=O) groups is 2. The van der Waals surface area contributed by atoms with E-state index < -0.39 is 36.2 Å². The molecule has 2 rings (SSSR count). The first-order chi connectivity index (χ1) is 12.7. The van der Waals surface area contributed by atoms with Gasteiger partial charge in [-0.1, -0.05) is 24.2 Å². The third kappa shape index (κ3) is 5.23. The van der Waals surface area contributed by atoms with Crippen LogP contribution in [0.4, 0.5) is 13.2 Å². The molecule has 1 saturated heterocycles. The molecule has 2 amide bonds. The van der Waals surface area contributed by atoms with Gasteiger partial charge in [-0.2, -0.15) is 13.2 Å². The molecule has 0 radical (unpaired) electrons. The first-order valence-corrected chi connectivity index (χ1v) is 8.74. The van der Waals surface area contributed by atoms with E-state index in [9.17, 15) is 27.9 Å². The van der Waals surface area contributed by atoms with Crippen molar-refractivity contribution < 1.29 is 27.9 Å². The van der Waals surface area contributed by atoms with Crippen LogP contribution in [-0.2, 0) is 15.8 Å². The number of nitrogens with zero attached hydrogens (tertiary/aromatic N) is 1. The molecule has 1 fully saturated rings. The van der Waals surface area contributed by atoms with Crippen LogP contribution in [0.2, 0.25) is 5.02 Å². The lowest BCUT2D eigenvalue weighted by molar-refractivity contribution is -0.139. The van der Waals surface area contributed by atoms with E-state index in [4.69, 9.17) is 11.6 Å². The number of likely N-dealkylation sites (tertiary alicyclic amines) is 1. The normalized spacial score (nSPS) is 16.7. The number of aliphatic hydroxyl groups excluding tert-OH is 1. The fourth-order valence-corrected chi connectivity index (χ4v) is 3.25. The summed E-state index contributed by atoms with van der Waals surface area (Å²) in [7, 11) is 0. The number of benzene rings is 1. The van der Waals surface area contributed by atoms with E-state index in [1.54, 1.807) is 4.90 Å². The van der Waals surface area contributed by atoms with Gasteiger partial charge in [-0.15, -0.1) is 0 Å². The molecule has 0 aromatic heterocycles. The van der Waals surface area contributed by atoms with Gasteiger partial charge in [0.15, 0.2) is 0 Å². The number of nitrogens with one attached hydrogen (secondary N) is 1. The average Bonchev–Trinajstić information content (AvgIpc) is 2.64. The highest BCUT2D eigenvalue weighted by Gasteiger charge is 2.36. The van der Waals surface area contributed by atoms with E-state index in [2.05, 4.69) is 11.9 Å². The Morgan fingerprint density at radius 3 is 2.52 bits per heavy atom. The van der Waals surface area contributed by atoms with Crippen molar-refractivity contribution in [2.75, 3.05) is 19.7 Å². The minimum Gasteiger partial charge on any atom is -0.394 e. The summed E-state index contributed by atoms with van der Waals surface area (Å²) in [6, 6.07) is 1.99. The van der Waals surface area contributed by atoms with E-state index >= 15 is 0 Å². The number of halogens is 4. The SMILES string of the molecule is C=CC(=O)N1CCC(C(=O)NC(CO)c2ccc(Cl)cc2C(F)(F)F)CC1. The number of piperidine rings is 1. The van der Waals surface area contributed by atoms with Gasteiger partial charge in [0.1, 0.15) is 0 Å². The van der Waals surface area contributed by atoms with Crippen molar-refractivity contribution in [1.29, 1.82) is 0 Å². The molecule has 1 atom stereocenters. The zero-order chi connectivity index (χ0) is 20.2. The van der Waals surface area contributed by atoms with E-state index in [0.717, 1.165) is 12.1 Å². The molecule has 1 aliphatic rings. The van der Waals surface area contributed by atoms with E-state index in [-0.39, 0.29) is 16.5 Å². The maximum Gasteiger partial charge on any atom is 0.416 e. The third-order valence-electron chi connectivity index (χ3n) is 4.55. The summed E-state index contributed by atoms with van der Waals surface area (Å²) in [5, 5.41) is 12.0.